The number of nitrogens with zero attached hydrogens (tertiary/aromatic N) is 4. The van der Waals surface area contributed by atoms with Crippen LogP contribution in [0.3, 0.4) is 0 Å². The van der Waals surface area contributed by atoms with Crippen molar-refractivity contribution in [1.29, 1.82) is 0 Å². The van der Waals surface area contributed by atoms with Gasteiger partial charge in [0.2, 0.25) is 0 Å². The van der Waals surface area contributed by atoms with Crippen LogP contribution in [0, 0.1) is 0 Å². The normalized spacial score (nSPS) is 11.6. The van der Waals surface area contributed by atoms with Gasteiger partial charge in [-0.25, -0.2) is 0 Å². The van der Waals surface area contributed by atoms with Gasteiger partial charge in [-0.2, -0.15) is 18.3 Å². The predicted molar refractivity (Wildman–Crippen MR) is 57.6 cm³/mol. The van der Waals surface area contributed by atoms with Crippen LogP contribution >= 0.6 is 0 Å². The summed E-state index contributed by atoms with van der Waals surface area (Å²) < 4.78 is 38.3. The van der Waals surface area contributed by atoms with E-state index in [1.807, 2.05) is 0 Å². The Morgan fingerprint density at radius 2 is 2.00 bits per heavy atom. The maximum absolute atomic E-state index is 12.2. The quantitative estimate of drug-likeness (QED) is 0.911. The highest BCUT2D eigenvalue weighted by atomic mass is 19.4. The minimum Gasteiger partial charge on any atom is -0.363 e. The zero-order valence-corrected chi connectivity index (χ0v) is 9.44. The molecule has 0 fully saturated rings. The van der Waals surface area contributed by atoms with Gasteiger partial charge in [0, 0.05) is 13.2 Å². The zero-order chi connectivity index (χ0) is 13.2. The van der Waals surface area contributed by atoms with Crippen LogP contribution in [0.25, 0.3) is 0 Å². The highest BCUT2D eigenvalue weighted by Crippen LogP contribution is 2.27. The van der Waals surface area contributed by atoms with E-state index < -0.39 is 11.9 Å². The highest BCUT2D eigenvalue weighted by molar-refractivity contribution is 5.33. The van der Waals surface area contributed by atoms with Crippen molar-refractivity contribution in [1.82, 2.24) is 20.0 Å². The molecule has 0 spiro atoms. The van der Waals surface area contributed by atoms with Crippen LogP contribution in [-0.2, 0) is 19.8 Å². The summed E-state index contributed by atoms with van der Waals surface area (Å²) >= 11 is 0. The van der Waals surface area contributed by atoms with E-state index in [1.54, 1.807) is 24.0 Å². The van der Waals surface area contributed by atoms with E-state index in [-0.39, 0.29) is 5.82 Å². The zero-order valence-electron chi connectivity index (χ0n) is 9.44. The van der Waals surface area contributed by atoms with Crippen LogP contribution in [0.15, 0.2) is 24.4 Å². The third-order valence-corrected chi connectivity index (χ3v) is 2.17. The smallest absolute Gasteiger partial charge is 0.363 e. The molecule has 18 heavy (non-hydrogen) atoms. The van der Waals surface area contributed by atoms with Gasteiger partial charge in [-0.15, -0.1) is 10.2 Å². The summed E-state index contributed by atoms with van der Waals surface area (Å²) in [5.74, 6) is 0.272. The number of hydrogen-bond donors (Lipinski definition) is 1. The van der Waals surface area contributed by atoms with Crippen LogP contribution in [0.1, 0.15) is 11.4 Å². The molecule has 0 saturated heterocycles. The van der Waals surface area contributed by atoms with Gasteiger partial charge in [0.15, 0.2) is 5.69 Å². The molecule has 0 atom stereocenters. The largest absolute Gasteiger partial charge is 0.435 e. The van der Waals surface area contributed by atoms with Crippen LogP contribution in [0.4, 0.5) is 19.0 Å². The van der Waals surface area contributed by atoms with Crippen molar-refractivity contribution in [2.75, 3.05) is 5.32 Å². The van der Waals surface area contributed by atoms with Gasteiger partial charge in [-0.1, -0.05) is 0 Å². The maximum Gasteiger partial charge on any atom is 0.435 e. The third kappa shape index (κ3) is 2.96. The Morgan fingerprint density at radius 1 is 1.22 bits per heavy atom. The first-order valence-corrected chi connectivity index (χ1v) is 5.08. The van der Waals surface area contributed by atoms with Gasteiger partial charge in [0.1, 0.15) is 5.82 Å². The molecule has 0 unspecified atom stereocenters. The summed E-state index contributed by atoms with van der Waals surface area (Å²) in [5.41, 5.74) is -0.245. The van der Waals surface area contributed by atoms with Crippen LogP contribution in [-0.4, -0.2) is 20.0 Å². The van der Waals surface area contributed by atoms with E-state index in [9.17, 15) is 13.2 Å². The minimum absolute atomic E-state index is 0.272. The lowest BCUT2D eigenvalue weighted by molar-refractivity contribution is -0.141. The third-order valence-electron chi connectivity index (χ3n) is 2.17. The van der Waals surface area contributed by atoms with Crippen LogP contribution in [0.5, 0.6) is 0 Å². The van der Waals surface area contributed by atoms with Crippen LogP contribution in [0.2, 0.25) is 0 Å². The summed E-state index contributed by atoms with van der Waals surface area (Å²) in [6.45, 7) is 0.376. The average molecular weight is 257 g/mol. The van der Waals surface area contributed by atoms with Crippen molar-refractivity contribution in [2.24, 2.45) is 7.05 Å². The molecule has 0 saturated carbocycles. The Bertz CT molecular complexity index is 517. The van der Waals surface area contributed by atoms with E-state index in [2.05, 4.69) is 20.6 Å². The van der Waals surface area contributed by atoms with Crippen molar-refractivity contribution in [2.45, 2.75) is 12.7 Å². The second-order valence-electron chi connectivity index (χ2n) is 3.64. The van der Waals surface area contributed by atoms with E-state index in [0.29, 0.717) is 6.54 Å². The molecule has 96 valence electrons. The van der Waals surface area contributed by atoms with Crippen molar-refractivity contribution < 1.29 is 13.2 Å². The van der Waals surface area contributed by atoms with Gasteiger partial charge in [0.05, 0.1) is 12.2 Å². The second-order valence-corrected chi connectivity index (χ2v) is 3.64. The van der Waals surface area contributed by atoms with Crippen molar-refractivity contribution in [3.8, 4) is 0 Å². The molecule has 0 aliphatic heterocycles. The molecule has 1 N–H and O–H groups in total. The molecule has 0 radical (unpaired) electrons. The average Bonchev–Trinajstić information content (AvgIpc) is 2.72. The molecule has 0 aromatic carbocycles. The van der Waals surface area contributed by atoms with Gasteiger partial charge >= 0.3 is 6.18 Å². The molecule has 5 nitrogen and oxygen atoms in total. The number of halogens is 3. The molecule has 0 aliphatic rings. The number of alkyl halides is 3. The summed E-state index contributed by atoms with van der Waals surface area (Å²) in [5, 5.41) is 13.5. The standard InChI is InChI=1S/C10H10F3N5/c1-18-5-4-7(17-18)6-14-9-3-2-8(15-16-9)10(11,12)13/h2-5H,6H2,1H3,(H,14,16). The van der Waals surface area contributed by atoms with E-state index in [1.165, 1.54) is 6.07 Å². The topological polar surface area (TPSA) is 55.6 Å². The molecule has 0 amide bonds. The number of hydrogen-bond acceptors (Lipinski definition) is 4. The Morgan fingerprint density at radius 3 is 2.50 bits per heavy atom. The molecule has 8 heteroatoms. The van der Waals surface area contributed by atoms with Crippen molar-refractivity contribution >= 4 is 5.82 Å². The van der Waals surface area contributed by atoms with Gasteiger partial charge in [-0.05, 0) is 18.2 Å². The minimum atomic E-state index is -4.47. The summed E-state index contributed by atoms with van der Waals surface area (Å²) in [6, 6.07) is 3.91. The number of anilines is 1. The summed E-state index contributed by atoms with van der Waals surface area (Å²) in [6.07, 6.45) is -2.69. The van der Waals surface area contributed by atoms with Crippen molar-refractivity contribution in [3.05, 3.63) is 35.8 Å². The molecule has 2 aromatic heterocycles. The lowest BCUT2D eigenvalue weighted by atomic mass is 10.3. The fraction of sp³-hybridized carbons (Fsp3) is 0.300. The second kappa shape index (κ2) is 4.63. The Balaban J connectivity index is 1.98. The molecule has 0 aliphatic carbocycles. The Labute approximate surface area is 101 Å². The number of aromatic nitrogens is 4. The SMILES string of the molecule is Cn1ccc(CNc2ccc(C(F)(F)F)nn2)n1. The molecule has 2 aromatic rings. The van der Waals surface area contributed by atoms with Gasteiger partial charge < -0.3 is 5.32 Å². The van der Waals surface area contributed by atoms with Crippen LogP contribution < -0.4 is 5.32 Å². The summed E-state index contributed by atoms with van der Waals surface area (Å²) in [7, 11) is 1.78. The number of nitrogens with one attached hydrogen (secondary N) is 1. The molecule has 2 heterocycles. The lowest BCUT2D eigenvalue weighted by Gasteiger charge is -2.06. The van der Waals surface area contributed by atoms with E-state index >= 15 is 0 Å². The fourth-order valence-electron chi connectivity index (χ4n) is 1.32. The highest BCUT2D eigenvalue weighted by Gasteiger charge is 2.32. The van der Waals surface area contributed by atoms with Crippen molar-refractivity contribution in [3.63, 3.8) is 0 Å². The van der Waals surface area contributed by atoms with E-state index in [0.717, 1.165) is 11.8 Å². The Kier molecular flexibility index (Phi) is 3.17. The summed E-state index contributed by atoms with van der Waals surface area (Å²) in [4.78, 5) is 0. The molecular weight excluding hydrogens is 247 g/mol. The maximum atomic E-state index is 12.2. The predicted octanol–water partition coefficient (Wildman–Crippen LogP) is 1.84. The molecule has 0 bridgehead atoms. The Hall–Kier alpha value is -2.12. The monoisotopic (exact) mass is 257 g/mol. The first kappa shape index (κ1) is 12.3. The fourth-order valence-corrected chi connectivity index (χ4v) is 1.32. The number of aryl methyl sites for hydroxylation is 1. The first-order valence-electron chi connectivity index (χ1n) is 5.08. The first-order chi connectivity index (χ1) is 8.45. The van der Waals surface area contributed by atoms with Gasteiger partial charge in [-0.3, -0.25) is 4.68 Å². The lowest BCUT2D eigenvalue weighted by Crippen LogP contribution is -2.10. The van der Waals surface area contributed by atoms with Gasteiger partial charge in [0.25, 0.3) is 0 Å². The molecular formula is C10H10F3N5. The van der Waals surface area contributed by atoms with E-state index in [4.69, 9.17) is 0 Å². The number of rotatable bonds is 3. The molecule has 2 rings (SSSR count).